The van der Waals surface area contributed by atoms with E-state index in [1.165, 1.54) is 12.8 Å². The Morgan fingerprint density at radius 1 is 1.19 bits per heavy atom. The summed E-state index contributed by atoms with van der Waals surface area (Å²) in [4.78, 5) is 8.81. The fraction of sp³-hybridized carbons (Fsp3) is 0.375. The molecule has 0 amide bonds. The number of nitrogens with zero attached hydrogens (tertiary/aromatic N) is 2. The van der Waals surface area contributed by atoms with Crippen LogP contribution < -0.4 is 5.32 Å². The number of rotatable bonds is 7. The molecule has 1 saturated carbocycles. The van der Waals surface area contributed by atoms with Gasteiger partial charge in [-0.2, -0.15) is 0 Å². The number of hydrogen-bond donors (Lipinski definition) is 1. The predicted molar refractivity (Wildman–Crippen MR) is 83.6 cm³/mol. The van der Waals surface area contributed by atoms with Gasteiger partial charge in [-0.25, -0.2) is 9.97 Å². The average molecular weight is 304 g/mol. The summed E-state index contributed by atoms with van der Waals surface area (Å²) in [5, 5.41) is 4.01. The molecule has 0 aliphatic heterocycles. The van der Waals surface area contributed by atoms with Crippen molar-refractivity contribution in [2.75, 3.05) is 18.5 Å². The number of halogens is 1. The Morgan fingerprint density at radius 3 is 2.76 bits per heavy atom. The Labute approximate surface area is 129 Å². The zero-order chi connectivity index (χ0) is 14.5. The lowest BCUT2D eigenvalue weighted by Gasteiger charge is -2.08. The Hall–Kier alpha value is -1.65. The van der Waals surface area contributed by atoms with Crippen LogP contribution in [0.1, 0.15) is 30.1 Å². The Balaban J connectivity index is 1.38. The second-order valence-electron chi connectivity index (χ2n) is 5.18. The molecule has 0 saturated heterocycles. The minimum absolute atomic E-state index is 0.577. The number of anilines is 1. The fourth-order valence-electron chi connectivity index (χ4n) is 2.03. The first-order valence-corrected chi connectivity index (χ1v) is 7.58. The van der Waals surface area contributed by atoms with Crippen LogP contribution in [0.4, 0.5) is 5.82 Å². The first-order chi connectivity index (χ1) is 10.3. The van der Waals surface area contributed by atoms with E-state index in [4.69, 9.17) is 16.3 Å². The maximum atomic E-state index is 5.84. The van der Waals surface area contributed by atoms with E-state index in [1.54, 1.807) is 0 Å². The van der Waals surface area contributed by atoms with Crippen LogP contribution in [0.3, 0.4) is 0 Å². The van der Waals surface area contributed by atoms with Crippen molar-refractivity contribution >= 4 is 17.4 Å². The topological polar surface area (TPSA) is 47.0 Å². The van der Waals surface area contributed by atoms with Gasteiger partial charge in [-0.1, -0.05) is 23.7 Å². The molecule has 0 spiro atoms. The van der Waals surface area contributed by atoms with Gasteiger partial charge in [-0.3, -0.25) is 0 Å². The number of ether oxygens (including phenoxy) is 1. The molecule has 1 aromatic heterocycles. The van der Waals surface area contributed by atoms with Crippen LogP contribution >= 0.6 is 11.6 Å². The maximum Gasteiger partial charge on any atom is 0.133 e. The highest BCUT2D eigenvalue weighted by Crippen LogP contribution is 2.37. The van der Waals surface area contributed by atoms with Crippen molar-refractivity contribution in [2.45, 2.75) is 25.4 Å². The molecule has 3 rings (SSSR count). The molecule has 0 unspecified atom stereocenters. The zero-order valence-corrected chi connectivity index (χ0v) is 12.5. The lowest BCUT2D eigenvalue weighted by Crippen LogP contribution is -2.11. The van der Waals surface area contributed by atoms with Crippen LogP contribution in [0, 0.1) is 0 Å². The van der Waals surface area contributed by atoms with Gasteiger partial charge in [0.25, 0.3) is 0 Å². The summed E-state index contributed by atoms with van der Waals surface area (Å²) in [7, 11) is 0. The number of hydrogen-bond acceptors (Lipinski definition) is 4. The normalized spacial score (nSPS) is 14.1. The van der Waals surface area contributed by atoms with Crippen molar-refractivity contribution in [2.24, 2.45) is 0 Å². The van der Waals surface area contributed by atoms with E-state index in [2.05, 4.69) is 15.3 Å². The van der Waals surface area contributed by atoms with Crippen molar-refractivity contribution in [1.29, 1.82) is 0 Å². The summed E-state index contributed by atoms with van der Waals surface area (Å²) in [6, 6.07) is 9.59. The summed E-state index contributed by atoms with van der Waals surface area (Å²) < 4.78 is 5.62. The molecule has 110 valence electrons. The molecular weight excluding hydrogens is 286 g/mol. The van der Waals surface area contributed by atoms with E-state index in [1.807, 2.05) is 36.5 Å². The molecular formula is C16H18ClN3O. The third-order valence-electron chi connectivity index (χ3n) is 3.35. The van der Waals surface area contributed by atoms with E-state index in [9.17, 15) is 0 Å². The van der Waals surface area contributed by atoms with Gasteiger partial charge in [0.05, 0.1) is 13.2 Å². The molecule has 1 heterocycles. The number of aromatic nitrogens is 2. The van der Waals surface area contributed by atoms with E-state index >= 15 is 0 Å². The lowest BCUT2D eigenvalue weighted by atomic mass is 10.2. The minimum atomic E-state index is 0.577. The second-order valence-corrected chi connectivity index (χ2v) is 5.62. The van der Waals surface area contributed by atoms with Crippen LogP contribution in [0.25, 0.3) is 0 Å². The van der Waals surface area contributed by atoms with E-state index in [-0.39, 0.29) is 0 Å². The summed E-state index contributed by atoms with van der Waals surface area (Å²) in [6.07, 6.45) is 4.25. The molecule has 1 fully saturated rings. The smallest absolute Gasteiger partial charge is 0.133 e. The van der Waals surface area contributed by atoms with E-state index in [0.717, 1.165) is 28.8 Å². The second kappa shape index (κ2) is 6.87. The highest BCUT2D eigenvalue weighted by atomic mass is 35.5. The van der Waals surface area contributed by atoms with Crippen molar-refractivity contribution in [1.82, 2.24) is 9.97 Å². The highest BCUT2D eigenvalue weighted by Gasteiger charge is 2.26. The summed E-state index contributed by atoms with van der Waals surface area (Å²) in [5.74, 6) is 2.41. The quantitative estimate of drug-likeness (QED) is 0.793. The molecule has 21 heavy (non-hydrogen) atoms. The van der Waals surface area contributed by atoms with Gasteiger partial charge >= 0.3 is 0 Å². The molecule has 0 bridgehead atoms. The molecule has 1 aromatic carbocycles. The van der Waals surface area contributed by atoms with Crippen LogP contribution in [0.2, 0.25) is 5.02 Å². The monoisotopic (exact) mass is 303 g/mol. The summed E-state index contributed by atoms with van der Waals surface area (Å²) in [5.41, 5.74) is 1.12. The minimum Gasteiger partial charge on any atom is -0.375 e. The zero-order valence-electron chi connectivity index (χ0n) is 11.8. The molecule has 1 aliphatic rings. The van der Waals surface area contributed by atoms with Gasteiger partial charge in [-0.05, 0) is 36.6 Å². The molecule has 5 heteroatoms. The third kappa shape index (κ3) is 4.41. The van der Waals surface area contributed by atoms with Crippen LogP contribution in [-0.2, 0) is 11.3 Å². The van der Waals surface area contributed by atoms with Gasteiger partial charge < -0.3 is 10.1 Å². The van der Waals surface area contributed by atoms with Crippen molar-refractivity contribution in [3.05, 3.63) is 52.9 Å². The van der Waals surface area contributed by atoms with Gasteiger partial charge in [-0.15, -0.1) is 0 Å². The standard InChI is InChI=1S/C16H18ClN3O/c17-14-5-1-12(2-6-14)11-21-10-9-18-15-7-8-19-16(20-15)13-3-4-13/h1-2,5-8,13H,3-4,9-11H2,(H,18,19,20). The maximum absolute atomic E-state index is 5.84. The molecule has 1 N–H and O–H groups in total. The largest absolute Gasteiger partial charge is 0.375 e. The Morgan fingerprint density at radius 2 is 2.00 bits per heavy atom. The summed E-state index contributed by atoms with van der Waals surface area (Å²) >= 11 is 5.84. The Bertz CT molecular complexity index is 584. The van der Waals surface area contributed by atoms with Gasteiger partial charge in [0.2, 0.25) is 0 Å². The first kappa shape index (κ1) is 14.3. The number of benzene rings is 1. The van der Waals surface area contributed by atoms with Crippen LogP contribution in [0.15, 0.2) is 36.5 Å². The van der Waals surface area contributed by atoms with Gasteiger partial charge in [0, 0.05) is 23.7 Å². The summed E-state index contributed by atoms with van der Waals surface area (Å²) in [6.45, 7) is 1.95. The molecule has 0 atom stereocenters. The molecule has 0 radical (unpaired) electrons. The molecule has 2 aromatic rings. The lowest BCUT2D eigenvalue weighted by molar-refractivity contribution is 0.130. The van der Waals surface area contributed by atoms with E-state index < -0.39 is 0 Å². The van der Waals surface area contributed by atoms with Crippen molar-refractivity contribution in [3.63, 3.8) is 0 Å². The van der Waals surface area contributed by atoms with Crippen molar-refractivity contribution < 1.29 is 4.74 Å². The van der Waals surface area contributed by atoms with Gasteiger partial charge in [0.15, 0.2) is 0 Å². The van der Waals surface area contributed by atoms with Crippen LogP contribution in [0.5, 0.6) is 0 Å². The first-order valence-electron chi connectivity index (χ1n) is 7.20. The molecule has 4 nitrogen and oxygen atoms in total. The van der Waals surface area contributed by atoms with E-state index in [0.29, 0.717) is 19.1 Å². The SMILES string of the molecule is Clc1ccc(COCCNc2ccnc(C3CC3)n2)cc1. The highest BCUT2D eigenvalue weighted by molar-refractivity contribution is 6.30. The third-order valence-corrected chi connectivity index (χ3v) is 3.60. The predicted octanol–water partition coefficient (Wildman–Crippen LogP) is 3.64. The van der Waals surface area contributed by atoms with Gasteiger partial charge in [0.1, 0.15) is 11.6 Å². The fourth-order valence-corrected chi connectivity index (χ4v) is 2.16. The van der Waals surface area contributed by atoms with Crippen molar-refractivity contribution in [3.8, 4) is 0 Å². The van der Waals surface area contributed by atoms with Crippen LogP contribution in [-0.4, -0.2) is 23.1 Å². The average Bonchev–Trinajstić information content (AvgIpc) is 3.34. The molecule has 1 aliphatic carbocycles. The Kier molecular flexibility index (Phi) is 4.68. The number of nitrogens with one attached hydrogen (secondary N) is 1.